The minimum Gasteiger partial charge on any atom is -0.356 e. The molecule has 5 nitrogen and oxygen atoms in total. The maximum absolute atomic E-state index is 6.08. The minimum atomic E-state index is 0. The Morgan fingerprint density at radius 3 is 2.52 bits per heavy atom. The lowest BCUT2D eigenvalue weighted by atomic mass is 10.1. The lowest BCUT2D eigenvalue weighted by molar-refractivity contribution is 0.124. The Balaban J connectivity index is 0.00000364. The molecule has 2 rings (SSSR count). The molecule has 0 saturated carbocycles. The number of halogens is 2. The molecule has 0 spiro atoms. The number of benzene rings is 1. The topological polar surface area (TPSA) is 34.1 Å². The maximum Gasteiger partial charge on any atom is 0.193 e. The van der Waals surface area contributed by atoms with Crippen molar-refractivity contribution in [3.8, 4) is 0 Å². The number of guanidine groups is 1. The molecule has 1 aliphatic rings. The summed E-state index contributed by atoms with van der Waals surface area (Å²) in [6, 6.07) is 7.99. The monoisotopic (exact) mass is 507 g/mol. The van der Waals surface area contributed by atoms with E-state index in [0.717, 1.165) is 30.6 Å². The second-order valence-corrected chi connectivity index (χ2v) is 7.69. The molecule has 0 bridgehead atoms. The standard InChI is InChI=1S/C20H34ClN5.HI/c1-5-25-9-11-26(12-10-25)15-17(2)14-23-20(22-3)24(4)16-18-7-6-8-19(21)13-18;/h6-8,13,17H,5,9-12,14-16H2,1-4H3,(H,22,23);1H. The Labute approximate surface area is 187 Å². The zero-order valence-electron chi connectivity index (χ0n) is 17.1. The molecule has 1 aliphatic heterocycles. The van der Waals surface area contributed by atoms with Crippen LogP contribution in [0.5, 0.6) is 0 Å². The van der Waals surface area contributed by atoms with Gasteiger partial charge in [0.2, 0.25) is 0 Å². The molecule has 0 amide bonds. The van der Waals surface area contributed by atoms with Crippen LogP contribution in [-0.2, 0) is 6.54 Å². The second-order valence-electron chi connectivity index (χ2n) is 7.25. The van der Waals surface area contributed by atoms with Crippen molar-refractivity contribution in [3.05, 3.63) is 34.9 Å². The van der Waals surface area contributed by atoms with E-state index in [-0.39, 0.29) is 24.0 Å². The highest BCUT2D eigenvalue weighted by molar-refractivity contribution is 14.0. The molecule has 1 heterocycles. The van der Waals surface area contributed by atoms with Gasteiger partial charge in [0.25, 0.3) is 0 Å². The Morgan fingerprint density at radius 1 is 1.26 bits per heavy atom. The van der Waals surface area contributed by atoms with Gasteiger partial charge in [-0.3, -0.25) is 4.99 Å². The molecule has 1 aromatic rings. The normalized spacial score (nSPS) is 17.3. The highest BCUT2D eigenvalue weighted by Gasteiger charge is 2.17. The summed E-state index contributed by atoms with van der Waals surface area (Å²) in [5, 5.41) is 4.29. The van der Waals surface area contributed by atoms with Crippen molar-refractivity contribution >= 4 is 41.5 Å². The van der Waals surface area contributed by atoms with E-state index in [1.807, 2.05) is 25.2 Å². The van der Waals surface area contributed by atoms with Gasteiger partial charge in [0.15, 0.2) is 5.96 Å². The van der Waals surface area contributed by atoms with Crippen molar-refractivity contribution in [2.75, 3.05) is 59.9 Å². The minimum absolute atomic E-state index is 0. The average molecular weight is 508 g/mol. The fraction of sp³-hybridized carbons (Fsp3) is 0.650. The first-order chi connectivity index (χ1) is 12.5. The second kappa shape index (κ2) is 12.8. The molecule has 0 aromatic heterocycles. The van der Waals surface area contributed by atoms with Gasteiger partial charge in [0, 0.05) is 64.9 Å². The van der Waals surface area contributed by atoms with E-state index in [2.05, 4.69) is 52.0 Å². The van der Waals surface area contributed by atoms with E-state index < -0.39 is 0 Å². The van der Waals surface area contributed by atoms with Gasteiger partial charge in [-0.2, -0.15) is 0 Å². The molecule has 1 N–H and O–H groups in total. The van der Waals surface area contributed by atoms with Crippen LogP contribution < -0.4 is 5.32 Å². The molecule has 154 valence electrons. The van der Waals surface area contributed by atoms with Crippen molar-refractivity contribution in [2.45, 2.75) is 20.4 Å². The molecule has 7 heteroatoms. The lowest BCUT2D eigenvalue weighted by Gasteiger charge is -2.35. The van der Waals surface area contributed by atoms with Gasteiger partial charge in [-0.15, -0.1) is 24.0 Å². The smallest absolute Gasteiger partial charge is 0.193 e. The molecule has 1 saturated heterocycles. The van der Waals surface area contributed by atoms with Crippen LogP contribution in [0.2, 0.25) is 5.02 Å². The van der Waals surface area contributed by atoms with E-state index in [9.17, 15) is 0 Å². The SMILES string of the molecule is CCN1CCN(CC(C)CNC(=NC)N(C)Cc2cccc(Cl)c2)CC1.I. The number of hydrogen-bond acceptors (Lipinski definition) is 3. The molecule has 0 radical (unpaired) electrons. The van der Waals surface area contributed by atoms with Crippen molar-refractivity contribution in [1.82, 2.24) is 20.0 Å². The molecule has 1 aromatic carbocycles. The Bertz CT molecular complexity index is 575. The summed E-state index contributed by atoms with van der Waals surface area (Å²) in [6.45, 7) is 13.3. The Morgan fingerprint density at radius 2 is 1.93 bits per heavy atom. The number of piperazine rings is 1. The molecule has 27 heavy (non-hydrogen) atoms. The molecule has 0 aliphatic carbocycles. The summed E-state index contributed by atoms with van der Waals surface area (Å²) in [5.74, 6) is 1.51. The van der Waals surface area contributed by atoms with Crippen molar-refractivity contribution < 1.29 is 0 Å². The van der Waals surface area contributed by atoms with E-state index in [1.54, 1.807) is 0 Å². The third-order valence-electron chi connectivity index (χ3n) is 4.97. The molecular weight excluding hydrogens is 473 g/mol. The summed E-state index contributed by atoms with van der Waals surface area (Å²) in [7, 11) is 3.90. The number of nitrogens with one attached hydrogen (secondary N) is 1. The zero-order chi connectivity index (χ0) is 18.9. The predicted octanol–water partition coefficient (Wildman–Crippen LogP) is 3.24. The van der Waals surface area contributed by atoms with Crippen LogP contribution in [-0.4, -0.2) is 80.6 Å². The predicted molar refractivity (Wildman–Crippen MR) is 127 cm³/mol. The third-order valence-corrected chi connectivity index (χ3v) is 5.21. The van der Waals surface area contributed by atoms with Crippen LogP contribution in [0, 0.1) is 5.92 Å². The van der Waals surface area contributed by atoms with Crippen molar-refractivity contribution in [3.63, 3.8) is 0 Å². The van der Waals surface area contributed by atoms with Gasteiger partial charge in [-0.1, -0.05) is 37.6 Å². The van der Waals surface area contributed by atoms with Crippen LogP contribution in [0.25, 0.3) is 0 Å². The summed E-state index contributed by atoms with van der Waals surface area (Å²) in [5.41, 5.74) is 1.18. The first kappa shape index (κ1) is 24.5. The van der Waals surface area contributed by atoms with Crippen LogP contribution >= 0.6 is 35.6 Å². The Hall–Kier alpha value is -0.570. The summed E-state index contributed by atoms with van der Waals surface area (Å²) < 4.78 is 0. The van der Waals surface area contributed by atoms with Gasteiger partial charge in [0.05, 0.1) is 0 Å². The van der Waals surface area contributed by atoms with Crippen LogP contribution in [0.3, 0.4) is 0 Å². The highest BCUT2D eigenvalue weighted by atomic mass is 127. The van der Waals surface area contributed by atoms with Crippen LogP contribution in [0.1, 0.15) is 19.4 Å². The van der Waals surface area contributed by atoms with Crippen LogP contribution in [0.4, 0.5) is 0 Å². The van der Waals surface area contributed by atoms with Crippen molar-refractivity contribution in [2.24, 2.45) is 10.9 Å². The number of aliphatic imine (C=N–C) groups is 1. The van der Waals surface area contributed by atoms with E-state index >= 15 is 0 Å². The van der Waals surface area contributed by atoms with Gasteiger partial charge < -0.3 is 20.0 Å². The number of likely N-dealkylation sites (N-methyl/N-ethyl adjacent to an activating group) is 1. The molecular formula is C20H35ClIN5. The van der Waals surface area contributed by atoms with E-state index in [0.29, 0.717) is 5.92 Å². The largest absolute Gasteiger partial charge is 0.356 e. The fourth-order valence-corrected chi connectivity index (χ4v) is 3.64. The summed E-state index contributed by atoms with van der Waals surface area (Å²) in [6.07, 6.45) is 0. The van der Waals surface area contributed by atoms with E-state index in [1.165, 1.54) is 38.3 Å². The van der Waals surface area contributed by atoms with Gasteiger partial charge in [-0.25, -0.2) is 0 Å². The number of nitrogens with zero attached hydrogens (tertiary/aromatic N) is 4. The van der Waals surface area contributed by atoms with E-state index in [4.69, 9.17) is 11.6 Å². The summed E-state index contributed by atoms with van der Waals surface area (Å²) >= 11 is 6.08. The quantitative estimate of drug-likeness (QED) is 0.349. The summed E-state index contributed by atoms with van der Waals surface area (Å²) in [4.78, 5) is 11.7. The van der Waals surface area contributed by atoms with Crippen molar-refractivity contribution in [1.29, 1.82) is 0 Å². The fourth-order valence-electron chi connectivity index (χ4n) is 3.43. The van der Waals surface area contributed by atoms with Gasteiger partial charge in [0.1, 0.15) is 0 Å². The van der Waals surface area contributed by atoms with Gasteiger partial charge in [-0.05, 0) is 30.2 Å². The van der Waals surface area contributed by atoms with Gasteiger partial charge >= 0.3 is 0 Å². The number of rotatable bonds is 7. The first-order valence-corrected chi connectivity index (χ1v) is 10.0. The average Bonchev–Trinajstić information content (AvgIpc) is 2.63. The molecule has 1 fully saturated rings. The highest BCUT2D eigenvalue weighted by Crippen LogP contribution is 2.12. The number of hydrogen-bond donors (Lipinski definition) is 1. The first-order valence-electron chi connectivity index (χ1n) is 9.62. The third kappa shape index (κ3) is 8.54. The molecule has 1 atom stereocenters. The lowest BCUT2D eigenvalue weighted by Crippen LogP contribution is -2.48. The zero-order valence-corrected chi connectivity index (χ0v) is 20.2. The Kier molecular flexibility index (Phi) is 11.6. The maximum atomic E-state index is 6.08. The van der Waals surface area contributed by atoms with Crippen LogP contribution in [0.15, 0.2) is 29.3 Å². The molecule has 1 unspecified atom stereocenters.